The minimum Gasteiger partial charge on any atom is -0.377 e. The predicted octanol–water partition coefficient (Wildman–Crippen LogP) is 3.36. The molecule has 0 amide bonds. The standard InChI is InChI=1S/C13H29NO/c1-4-6-7-8-9-10-11-15-13(5-2)12-14-3/h13-14H,4-12H2,1-3H3. The number of unbranched alkanes of at least 4 members (excludes halogenated alkanes) is 5. The fourth-order valence-corrected chi connectivity index (χ4v) is 1.68. The van der Waals surface area contributed by atoms with Crippen molar-refractivity contribution < 1.29 is 4.74 Å². The maximum absolute atomic E-state index is 5.78. The van der Waals surface area contributed by atoms with Crippen LogP contribution in [0.3, 0.4) is 0 Å². The van der Waals surface area contributed by atoms with E-state index in [0.29, 0.717) is 6.10 Å². The van der Waals surface area contributed by atoms with Gasteiger partial charge >= 0.3 is 0 Å². The number of hydrogen-bond acceptors (Lipinski definition) is 2. The molecule has 1 N–H and O–H groups in total. The van der Waals surface area contributed by atoms with Gasteiger partial charge in [-0.1, -0.05) is 46.0 Å². The van der Waals surface area contributed by atoms with Crippen molar-refractivity contribution in [1.29, 1.82) is 0 Å². The number of likely N-dealkylation sites (N-methyl/N-ethyl adjacent to an activating group) is 1. The first-order valence-electron chi connectivity index (χ1n) is 6.61. The molecular weight excluding hydrogens is 186 g/mol. The lowest BCUT2D eigenvalue weighted by Crippen LogP contribution is -2.26. The SMILES string of the molecule is CCCCCCCCOC(CC)CNC. The van der Waals surface area contributed by atoms with Crippen molar-refractivity contribution in [3.63, 3.8) is 0 Å². The number of rotatable bonds is 11. The third-order valence-corrected chi connectivity index (χ3v) is 2.74. The maximum atomic E-state index is 5.78. The minimum atomic E-state index is 0.408. The topological polar surface area (TPSA) is 21.3 Å². The van der Waals surface area contributed by atoms with Crippen molar-refractivity contribution in [2.45, 2.75) is 64.9 Å². The van der Waals surface area contributed by atoms with Gasteiger partial charge in [0.15, 0.2) is 0 Å². The largest absolute Gasteiger partial charge is 0.377 e. The Morgan fingerprint density at radius 1 is 1.00 bits per heavy atom. The molecule has 0 radical (unpaired) electrons. The van der Waals surface area contributed by atoms with Gasteiger partial charge in [0.1, 0.15) is 0 Å². The average molecular weight is 215 g/mol. The lowest BCUT2D eigenvalue weighted by Gasteiger charge is -2.15. The van der Waals surface area contributed by atoms with Gasteiger partial charge < -0.3 is 10.1 Å². The van der Waals surface area contributed by atoms with Crippen molar-refractivity contribution in [3.05, 3.63) is 0 Å². The molecule has 1 atom stereocenters. The Kier molecular flexibility index (Phi) is 11.9. The van der Waals surface area contributed by atoms with Crippen molar-refractivity contribution in [2.75, 3.05) is 20.2 Å². The lowest BCUT2D eigenvalue weighted by atomic mass is 10.1. The van der Waals surface area contributed by atoms with Crippen LogP contribution in [0.15, 0.2) is 0 Å². The molecule has 0 aliphatic rings. The highest BCUT2D eigenvalue weighted by Crippen LogP contribution is 2.06. The van der Waals surface area contributed by atoms with E-state index in [-0.39, 0.29) is 0 Å². The summed E-state index contributed by atoms with van der Waals surface area (Å²) in [5, 5.41) is 3.16. The fraction of sp³-hybridized carbons (Fsp3) is 1.00. The molecule has 0 heterocycles. The van der Waals surface area contributed by atoms with E-state index in [0.717, 1.165) is 19.6 Å². The molecule has 0 aliphatic carbocycles. The van der Waals surface area contributed by atoms with Crippen LogP contribution in [0, 0.1) is 0 Å². The smallest absolute Gasteiger partial charge is 0.0696 e. The monoisotopic (exact) mass is 215 g/mol. The van der Waals surface area contributed by atoms with Crippen molar-refractivity contribution in [3.8, 4) is 0 Å². The summed E-state index contributed by atoms with van der Waals surface area (Å²) in [6.45, 7) is 6.36. The Balaban J connectivity index is 3.14. The minimum absolute atomic E-state index is 0.408. The Bertz CT molecular complexity index is 117. The van der Waals surface area contributed by atoms with E-state index in [9.17, 15) is 0 Å². The van der Waals surface area contributed by atoms with Gasteiger partial charge in [0, 0.05) is 13.2 Å². The van der Waals surface area contributed by atoms with Gasteiger partial charge in [-0.15, -0.1) is 0 Å². The molecule has 0 aromatic rings. The predicted molar refractivity (Wildman–Crippen MR) is 67.3 cm³/mol. The molecule has 0 spiro atoms. The van der Waals surface area contributed by atoms with E-state index in [4.69, 9.17) is 4.74 Å². The van der Waals surface area contributed by atoms with Crippen LogP contribution in [0.1, 0.15) is 58.8 Å². The second kappa shape index (κ2) is 12.0. The van der Waals surface area contributed by atoms with Crippen LogP contribution >= 0.6 is 0 Å². The van der Waals surface area contributed by atoms with Gasteiger partial charge in [0.25, 0.3) is 0 Å². The van der Waals surface area contributed by atoms with Crippen molar-refractivity contribution in [2.24, 2.45) is 0 Å². The number of nitrogens with one attached hydrogen (secondary N) is 1. The average Bonchev–Trinajstić information content (AvgIpc) is 2.26. The molecule has 0 bridgehead atoms. The molecule has 0 fully saturated rings. The summed E-state index contributed by atoms with van der Waals surface area (Å²) >= 11 is 0. The summed E-state index contributed by atoms with van der Waals surface area (Å²) < 4.78 is 5.78. The number of ether oxygens (including phenoxy) is 1. The van der Waals surface area contributed by atoms with Crippen LogP contribution in [-0.4, -0.2) is 26.3 Å². The molecule has 0 aliphatic heterocycles. The summed E-state index contributed by atoms with van der Waals surface area (Å²) in [5.74, 6) is 0. The maximum Gasteiger partial charge on any atom is 0.0696 e. The van der Waals surface area contributed by atoms with Gasteiger partial charge in [0.05, 0.1) is 6.10 Å². The molecule has 2 nitrogen and oxygen atoms in total. The lowest BCUT2D eigenvalue weighted by molar-refractivity contribution is 0.0494. The normalized spacial score (nSPS) is 13.0. The third-order valence-electron chi connectivity index (χ3n) is 2.74. The molecule has 15 heavy (non-hydrogen) atoms. The molecule has 0 saturated heterocycles. The van der Waals surface area contributed by atoms with Crippen LogP contribution < -0.4 is 5.32 Å². The van der Waals surface area contributed by atoms with E-state index in [1.807, 2.05) is 7.05 Å². The molecule has 2 heteroatoms. The molecule has 0 aromatic carbocycles. The zero-order chi connectivity index (χ0) is 11.4. The van der Waals surface area contributed by atoms with Gasteiger partial charge in [-0.25, -0.2) is 0 Å². The zero-order valence-corrected chi connectivity index (χ0v) is 10.8. The first-order valence-corrected chi connectivity index (χ1v) is 6.61. The Morgan fingerprint density at radius 3 is 2.27 bits per heavy atom. The molecule has 92 valence electrons. The van der Waals surface area contributed by atoms with Crippen LogP contribution in [-0.2, 0) is 4.74 Å². The summed E-state index contributed by atoms with van der Waals surface area (Å²) in [5.41, 5.74) is 0. The zero-order valence-electron chi connectivity index (χ0n) is 10.8. The van der Waals surface area contributed by atoms with Crippen molar-refractivity contribution >= 4 is 0 Å². The highest BCUT2D eigenvalue weighted by Gasteiger charge is 2.03. The van der Waals surface area contributed by atoms with Gasteiger partial charge in [0.2, 0.25) is 0 Å². The second-order valence-electron chi connectivity index (χ2n) is 4.23. The van der Waals surface area contributed by atoms with Gasteiger partial charge in [-0.05, 0) is 19.9 Å². The molecule has 0 saturated carbocycles. The molecule has 0 rings (SSSR count). The van der Waals surface area contributed by atoms with E-state index in [2.05, 4.69) is 19.2 Å². The first kappa shape index (κ1) is 14.9. The third kappa shape index (κ3) is 10.2. The Morgan fingerprint density at radius 2 is 1.67 bits per heavy atom. The van der Waals surface area contributed by atoms with Crippen LogP contribution in [0.25, 0.3) is 0 Å². The van der Waals surface area contributed by atoms with Crippen LogP contribution in [0.4, 0.5) is 0 Å². The molecule has 1 unspecified atom stereocenters. The van der Waals surface area contributed by atoms with Crippen LogP contribution in [0.2, 0.25) is 0 Å². The quantitative estimate of drug-likeness (QED) is 0.534. The Hall–Kier alpha value is -0.0800. The van der Waals surface area contributed by atoms with Crippen LogP contribution in [0.5, 0.6) is 0 Å². The molecule has 0 aromatic heterocycles. The fourth-order valence-electron chi connectivity index (χ4n) is 1.68. The highest BCUT2D eigenvalue weighted by atomic mass is 16.5. The van der Waals surface area contributed by atoms with Gasteiger partial charge in [-0.2, -0.15) is 0 Å². The summed E-state index contributed by atoms with van der Waals surface area (Å²) in [6.07, 6.45) is 9.56. The van der Waals surface area contributed by atoms with E-state index in [1.165, 1.54) is 38.5 Å². The summed E-state index contributed by atoms with van der Waals surface area (Å²) in [7, 11) is 1.98. The summed E-state index contributed by atoms with van der Waals surface area (Å²) in [6, 6.07) is 0. The second-order valence-corrected chi connectivity index (χ2v) is 4.23. The van der Waals surface area contributed by atoms with Gasteiger partial charge in [-0.3, -0.25) is 0 Å². The van der Waals surface area contributed by atoms with E-state index in [1.54, 1.807) is 0 Å². The summed E-state index contributed by atoms with van der Waals surface area (Å²) in [4.78, 5) is 0. The van der Waals surface area contributed by atoms with Crippen molar-refractivity contribution in [1.82, 2.24) is 5.32 Å². The first-order chi connectivity index (χ1) is 7.35. The highest BCUT2D eigenvalue weighted by molar-refractivity contribution is 4.57. The molecular formula is C13H29NO. The van der Waals surface area contributed by atoms with E-state index >= 15 is 0 Å². The Labute approximate surface area is 95.8 Å². The number of hydrogen-bond donors (Lipinski definition) is 1. The van der Waals surface area contributed by atoms with E-state index < -0.39 is 0 Å².